The van der Waals surface area contributed by atoms with Crippen molar-refractivity contribution in [1.82, 2.24) is 9.62 Å². The lowest BCUT2D eigenvalue weighted by Crippen LogP contribution is -2.42. The standard InChI is InChI=1S/C20H22ClN3O3S2/c1-23(29(26,27)11-8-17-4-5-19(21)28-17)18-7-10-24(20(18)25)16-3-2-15-13-22-9-6-14(15)12-16/h2-5,8,11-12,18,22H,6-7,9-10,13H2,1H3/b11-8+/t18-/m0/s1. The molecule has 0 spiro atoms. The first kappa shape index (κ1) is 20.6. The Bertz CT molecular complexity index is 1060. The summed E-state index contributed by atoms with van der Waals surface area (Å²) in [5.74, 6) is -0.183. The van der Waals surface area contributed by atoms with E-state index in [2.05, 4.69) is 11.4 Å². The van der Waals surface area contributed by atoms with E-state index in [1.54, 1.807) is 17.0 Å². The van der Waals surface area contributed by atoms with Crippen molar-refractivity contribution in [3.05, 3.63) is 56.1 Å². The number of amides is 1. The number of fused-ring (bicyclic) bond motifs is 1. The number of hydrogen-bond acceptors (Lipinski definition) is 5. The van der Waals surface area contributed by atoms with Crippen molar-refractivity contribution in [3.8, 4) is 0 Å². The van der Waals surface area contributed by atoms with E-state index in [4.69, 9.17) is 11.6 Å². The first-order valence-corrected chi connectivity index (χ1v) is 12.1. The molecule has 0 bridgehead atoms. The highest BCUT2D eigenvalue weighted by atomic mass is 35.5. The third-order valence-electron chi connectivity index (χ3n) is 5.40. The van der Waals surface area contributed by atoms with Crippen LogP contribution in [-0.4, -0.2) is 44.8 Å². The van der Waals surface area contributed by atoms with Crippen molar-refractivity contribution < 1.29 is 13.2 Å². The summed E-state index contributed by atoms with van der Waals surface area (Å²) in [5, 5.41) is 4.47. The number of nitrogens with zero attached hydrogens (tertiary/aromatic N) is 2. The summed E-state index contributed by atoms with van der Waals surface area (Å²) in [6.07, 6.45) is 2.91. The normalized spacial score (nSPS) is 20.0. The minimum Gasteiger partial charge on any atom is -0.312 e. The summed E-state index contributed by atoms with van der Waals surface area (Å²) < 4.78 is 27.2. The van der Waals surface area contributed by atoms with Crippen LogP contribution in [0.4, 0.5) is 5.69 Å². The number of halogens is 1. The number of carbonyl (C=O) groups excluding carboxylic acids is 1. The minimum absolute atomic E-state index is 0.183. The number of benzene rings is 1. The lowest BCUT2D eigenvalue weighted by atomic mass is 10.0. The van der Waals surface area contributed by atoms with Crippen LogP contribution >= 0.6 is 22.9 Å². The van der Waals surface area contributed by atoms with E-state index in [-0.39, 0.29) is 5.91 Å². The van der Waals surface area contributed by atoms with Crippen molar-refractivity contribution in [2.24, 2.45) is 0 Å². The van der Waals surface area contributed by atoms with Crippen molar-refractivity contribution in [3.63, 3.8) is 0 Å². The van der Waals surface area contributed by atoms with Crippen LogP contribution in [0.5, 0.6) is 0 Å². The van der Waals surface area contributed by atoms with Gasteiger partial charge in [-0.2, -0.15) is 4.31 Å². The first-order valence-electron chi connectivity index (χ1n) is 9.40. The van der Waals surface area contributed by atoms with Gasteiger partial charge in [0.25, 0.3) is 0 Å². The number of likely N-dealkylation sites (N-methyl/N-ethyl adjacent to an activating group) is 1. The van der Waals surface area contributed by atoms with Crippen LogP contribution in [0.25, 0.3) is 6.08 Å². The predicted molar refractivity (Wildman–Crippen MR) is 118 cm³/mol. The molecule has 1 fully saturated rings. The maximum atomic E-state index is 13.0. The topological polar surface area (TPSA) is 69.7 Å². The molecule has 6 nitrogen and oxygen atoms in total. The second-order valence-corrected chi connectivity index (χ2v) is 10.8. The Kier molecular flexibility index (Phi) is 5.81. The summed E-state index contributed by atoms with van der Waals surface area (Å²) in [5.41, 5.74) is 3.34. The van der Waals surface area contributed by atoms with Gasteiger partial charge in [-0.25, -0.2) is 8.42 Å². The van der Waals surface area contributed by atoms with Gasteiger partial charge in [0.2, 0.25) is 15.9 Å². The predicted octanol–water partition coefficient (Wildman–Crippen LogP) is 3.09. The van der Waals surface area contributed by atoms with Gasteiger partial charge in [-0.15, -0.1) is 11.3 Å². The largest absolute Gasteiger partial charge is 0.312 e. The molecule has 1 aromatic carbocycles. The molecule has 9 heteroatoms. The molecule has 1 atom stereocenters. The fraction of sp³-hybridized carbons (Fsp3) is 0.350. The monoisotopic (exact) mass is 451 g/mol. The van der Waals surface area contributed by atoms with E-state index in [0.29, 0.717) is 17.3 Å². The Labute approximate surface area is 179 Å². The number of rotatable bonds is 5. The maximum absolute atomic E-state index is 13.0. The van der Waals surface area contributed by atoms with Gasteiger partial charge >= 0.3 is 0 Å². The Morgan fingerprint density at radius 3 is 2.86 bits per heavy atom. The molecule has 0 radical (unpaired) electrons. The van der Waals surface area contributed by atoms with Gasteiger partial charge in [0, 0.05) is 36.1 Å². The van der Waals surface area contributed by atoms with Crippen molar-refractivity contribution in [1.29, 1.82) is 0 Å². The van der Waals surface area contributed by atoms with Gasteiger partial charge in [-0.05, 0) is 60.9 Å². The van der Waals surface area contributed by atoms with E-state index in [1.165, 1.54) is 39.9 Å². The number of anilines is 1. The van der Waals surface area contributed by atoms with E-state index in [9.17, 15) is 13.2 Å². The van der Waals surface area contributed by atoms with Crippen molar-refractivity contribution >= 4 is 50.6 Å². The summed E-state index contributed by atoms with van der Waals surface area (Å²) in [7, 11) is -2.26. The van der Waals surface area contributed by atoms with Gasteiger partial charge in [0.15, 0.2) is 0 Å². The Morgan fingerprint density at radius 1 is 1.28 bits per heavy atom. The smallest absolute Gasteiger partial charge is 0.245 e. The second kappa shape index (κ2) is 8.20. The third-order valence-corrected chi connectivity index (χ3v) is 8.14. The minimum atomic E-state index is -3.72. The molecule has 1 N–H and O–H groups in total. The summed E-state index contributed by atoms with van der Waals surface area (Å²) in [6, 6.07) is 8.83. The van der Waals surface area contributed by atoms with Crippen LogP contribution in [0.3, 0.4) is 0 Å². The van der Waals surface area contributed by atoms with E-state index in [0.717, 1.165) is 35.5 Å². The van der Waals surface area contributed by atoms with Crippen LogP contribution in [0.15, 0.2) is 35.7 Å². The summed E-state index contributed by atoms with van der Waals surface area (Å²) in [6.45, 7) is 2.27. The highest BCUT2D eigenvalue weighted by molar-refractivity contribution is 7.92. The van der Waals surface area contributed by atoms with Crippen LogP contribution < -0.4 is 10.2 Å². The average molecular weight is 452 g/mol. The first-order chi connectivity index (χ1) is 13.8. The van der Waals surface area contributed by atoms with Gasteiger partial charge < -0.3 is 10.2 Å². The highest BCUT2D eigenvalue weighted by Gasteiger charge is 2.39. The quantitative estimate of drug-likeness (QED) is 0.758. The van der Waals surface area contributed by atoms with Gasteiger partial charge in [-0.3, -0.25) is 4.79 Å². The number of carbonyl (C=O) groups is 1. The molecule has 0 aliphatic carbocycles. The van der Waals surface area contributed by atoms with E-state index >= 15 is 0 Å². The SMILES string of the molecule is CN([C@H]1CCN(c2ccc3c(c2)CCNC3)C1=O)S(=O)(=O)/C=C/c1ccc(Cl)s1. The Morgan fingerprint density at radius 2 is 2.10 bits per heavy atom. The van der Waals surface area contributed by atoms with Crippen LogP contribution in [0.2, 0.25) is 4.34 Å². The number of sulfonamides is 1. The maximum Gasteiger partial charge on any atom is 0.245 e. The zero-order chi connectivity index (χ0) is 20.6. The van der Waals surface area contributed by atoms with Gasteiger partial charge in [0.05, 0.1) is 4.34 Å². The van der Waals surface area contributed by atoms with Crippen molar-refractivity contribution in [2.75, 3.05) is 25.0 Å². The molecule has 1 amide bonds. The number of thiophene rings is 1. The van der Waals surface area contributed by atoms with E-state index < -0.39 is 16.1 Å². The zero-order valence-electron chi connectivity index (χ0n) is 16.0. The van der Waals surface area contributed by atoms with Gasteiger partial charge in [0.1, 0.15) is 6.04 Å². The van der Waals surface area contributed by atoms with Crippen LogP contribution in [0.1, 0.15) is 22.4 Å². The molecule has 29 heavy (non-hydrogen) atoms. The fourth-order valence-corrected chi connectivity index (χ4v) is 5.85. The number of hydrogen-bond donors (Lipinski definition) is 1. The fourth-order valence-electron chi connectivity index (χ4n) is 3.73. The zero-order valence-corrected chi connectivity index (χ0v) is 18.4. The van der Waals surface area contributed by atoms with E-state index in [1.807, 2.05) is 12.1 Å². The van der Waals surface area contributed by atoms with Crippen LogP contribution in [-0.2, 0) is 27.8 Å². The molecular formula is C20H22ClN3O3S2. The average Bonchev–Trinajstić information content (AvgIpc) is 3.31. The number of nitrogens with one attached hydrogen (secondary N) is 1. The molecule has 2 aromatic rings. The molecule has 0 unspecified atom stereocenters. The Hall–Kier alpha value is -1.71. The highest BCUT2D eigenvalue weighted by Crippen LogP contribution is 2.29. The molecule has 2 aliphatic heterocycles. The summed E-state index contributed by atoms with van der Waals surface area (Å²) in [4.78, 5) is 15.4. The molecule has 3 heterocycles. The lowest BCUT2D eigenvalue weighted by Gasteiger charge is -2.24. The third kappa shape index (κ3) is 4.27. The molecular weight excluding hydrogens is 430 g/mol. The molecule has 1 aromatic heterocycles. The summed E-state index contributed by atoms with van der Waals surface area (Å²) >= 11 is 7.18. The molecule has 4 rings (SSSR count). The lowest BCUT2D eigenvalue weighted by molar-refractivity contribution is -0.120. The molecule has 154 valence electrons. The van der Waals surface area contributed by atoms with Crippen molar-refractivity contribution in [2.45, 2.75) is 25.4 Å². The second-order valence-electron chi connectivity index (χ2n) is 7.18. The van der Waals surface area contributed by atoms with Crippen LogP contribution in [0, 0.1) is 0 Å². The molecule has 0 saturated carbocycles. The molecule has 1 saturated heterocycles. The molecule has 2 aliphatic rings. The van der Waals surface area contributed by atoms with Gasteiger partial charge in [-0.1, -0.05) is 17.7 Å². The Balaban J connectivity index is 1.50.